The summed E-state index contributed by atoms with van der Waals surface area (Å²) in [4.78, 5) is 0. The highest BCUT2D eigenvalue weighted by atomic mass is 16.5. The van der Waals surface area contributed by atoms with Crippen molar-refractivity contribution in [3.8, 4) is 0 Å². The van der Waals surface area contributed by atoms with Crippen molar-refractivity contribution in [1.29, 1.82) is 0 Å². The largest absolute Gasteiger partial charge is 0.390 e. The van der Waals surface area contributed by atoms with Gasteiger partial charge in [0.05, 0.1) is 12.7 Å². The van der Waals surface area contributed by atoms with Gasteiger partial charge >= 0.3 is 0 Å². The van der Waals surface area contributed by atoms with E-state index in [2.05, 4.69) is 6.58 Å². The zero-order valence-corrected chi connectivity index (χ0v) is 4.71. The summed E-state index contributed by atoms with van der Waals surface area (Å²) in [5.74, 6) is 0. The van der Waals surface area contributed by atoms with Crippen molar-refractivity contribution >= 4 is 0 Å². The van der Waals surface area contributed by atoms with Crippen molar-refractivity contribution < 1.29 is 9.84 Å². The van der Waals surface area contributed by atoms with E-state index in [0.717, 1.165) is 6.42 Å². The molecular formula is C6H10O2. The normalized spacial score (nSPS) is 37.6. The van der Waals surface area contributed by atoms with Crippen LogP contribution in [0.15, 0.2) is 12.7 Å². The SMILES string of the molecule is C=C[C@H]1OCC[C@H]1O. The van der Waals surface area contributed by atoms with E-state index >= 15 is 0 Å². The van der Waals surface area contributed by atoms with Gasteiger partial charge in [0, 0.05) is 0 Å². The summed E-state index contributed by atoms with van der Waals surface area (Å²) in [7, 11) is 0. The highest BCUT2D eigenvalue weighted by Crippen LogP contribution is 2.12. The predicted molar refractivity (Wildman–Crippen MR) is 30.6 cm³/mol. The van der Waals surface area contributed by atoms with Gasteiger partial charge in [-0.1, -0.05) is 6.08 Å². The van der Waals surface area contributed by atoms with Crippen LogP contribution in [0.4, 0.5) is 0 Å². The van der Waals surface area contributed by atoms with Crippen molar-refractivity contribution in [3.63, 3.8) is 0 Å². The molecule has 46 valence electrons. The fraction of sp³-hybridized carbons (Fsp3) is 0.667. The monoisotopic (exact) mass is 114 g/mol. The molecule has 2 atom stereocenters. The van der Waals surface area contributed by atoms with Crippen molar-refractivity contribution in [2.75, 3.05) is 6.61 Å². The van der Waals surface area contributed by atoms with Gasteiger partial charge in [-0.25, -0.2) is 0 Å². The molecule has 0 bridgehead atoms. The molecule has 1 saturated heterocycles. The van der Waals surface area contributed by atoms with Crippen LogP contribution < -0.4 is 0 Å². The molecule has 1 aliphatic heterocycles. The lowest BCUT2D eigenvalue weighted by molar-refractivity contribution is 0.0751. The van der Waals surface area contributed by atoms with E-state index in [1.54, 1.807) is 6.08 Å². The second-order valence-electron chi connectivity index (χ2n) is 1.93. The maximum Gasteiger partial charge on any atom is 0.101 e. The summed E-state index contributed by atoms with van der Waals surface area (Å²) >= 11 is 0. The van der Waals surface area contributed by atoms with Crippen LogP contribution in [0.5, 0.6) is 0 Å². The molecule has 1 fully saturated rings. The van der Waals surface area contributed by atoms with Crippen molar-refractivity contribution in [1.82, 2.24) is 0 Å². The fourth-order valence-corrected chi connectivity index (χ4v) is 0.825. The maximum atomic E-state index is 8.99. The Hall–Kier alpha value is -0.340. The van der Waals surface area contributed by atoms with E-state index in [4.69, 9.17) is 9.84 Å². The van der Waals surface area contributed by atoms with Crippen LogP contribution in [0.1, 0.15) is 6.42 Å². The average Bonchev–Trinajstić information content (AvgIpc) is 2.14. The Morgan fingerprint density at radius 1 is 1.75 bits per heavy atom. The number of aliphatic hydroxyl groups excluding tert-OH is 1. The van der Waals surface area contributed by atoms with Gasteiger partial charge in [0.2, 0.25) is 0 Å². The van der Waals surface area contributed by atoms with Gasteiger partial charge in [-0.2, -0.15) is 0 Å². The molecule has 2 heteroatoms. The first kappa shape index (κ1) is 5.79. The van der Waals surface area contributed by atoms with E-state index in [-0.39, 0.29) is 12.2 Å². The summed E-state index contributed by atoms with van der Waals surface area (Å²) in [5, 5.41) is 8.99. The van der Waals surface area contributed by atoms with Gasteiger partial charge in [-0.05, 0) is 6.42 Å². The van der Waals surface area contributed by atoms with E-state index < -0.39 is 0 Å². The van der Waals surface area contributed by atoms with Crippen LogP contribution in [-0.4, -0.2) is 23.9 Å². The minimum atomic E-state index is -0.313. The molecule has 8 heavy (non-hydrogen) atoms. The Morgan fingerprint density at radius 2 is 2.50 bits per heavy atom. The maximum absolute atomic E-state index is 8.99. The molecule has 1 aliphatic rings. The molecule has 2 nitrogen and oxygen atoms in total. The number of aliphatic hydroxyl groups is 1. The summed E-state index contributed by atoms with van der Waals surface area (Å²) in [6.07, 6.45) is 1.96. The Kier molecular flexibility index (Phi) is 1.65. The van der Waals surface area contributed by atoms with Gasteiger partial charge in [-0.15, -0.1) is 6.58 Å². The van der Waals surface area contributed by atoms with Gasteiger partial charge < -0.3 is 9.84 Å². The minimum Gasteiger partial charge on any atom is -0.390 e. The molecule has 0 radical (unpaired) electrons. The van der Waals surface area contributed by atoms with Crippen LogP contribution >= 0.6 is 0 Å². The minimum absolute atomic E-state index is 0.116. The molecule has 1 rings (SSSR count). The molecule has 0 aromatic heterocycles. The smallest absolute Gasteiger partial charge is 0.101 e. The van der Waals surface area contributed by atoms with Crippen LogP contribution in [0.2, 0.25) is 0 Å². The molecule has 0 saturated carbocycles. The van der Waals surface area contributed by atoms with Crippen LogP contribution in [0.25, 0.3) is 0 Å². The number of rotatable bonds is 1. The first-order valence-corrected chi connectivity index (χ1v) is 2.77. The zero-order chi connectivity index (χ0) is 5.98. The van der Waals surface area contributed by atoms with Gasteiger partial charge in [-0.3, -0.25) is 0 Å². The Bertz CT molecular complexity index is 90.5. The van der Waals surface area contributed by atoms with Crippen molar-refractivity contribution in [2.45, 2.75) is 18.6 Å². The molecule has 0 amide bonds. The van der Waals surface area contributed by atoms with Crippen LogP contribution in [0, 0.1) is 0 Å². The van der Waals surface area contributed by atoms with E-state index in [9.17, 15) is 0 Å². The number of hydrogen-bond acceptors (Lipinski definition) is 2. The first-order chi connectivity index (χ1) is 3.84. The third-order valence-corrected chi connectivity index (χ3v) is 1.34. The van der Waals surface area contributed by atoms with Crippen molar-refractivity contribution in [3.05, 3.63) is 12.7 Å². The molecule has 0 spiro atoms. The van der Waals surface area contributed by atoms with Gasteiger partial charge in [0.1, 0.15) is 6.10 Å². The van der Waals surface area contributed by atoms with Gasteiger partial charge in [0.15, 0.2) is 0 Å². The third-order valence-electron chi connectivity index (χ3n) is 1.34. The quantitative estimate of drug-likeness (QED) is 0.497. The standard InChI is InChI=1S/C6H10O2/c1-2-6-5(7)3-4-8-6/h2,5-7H,1,3-4H2/t5-,6-/m1/s1. The van der Waals surface area contributed by atoms with Crippen molar-refractivity contribution in [2.24, 2.45) is 0 Å². The Labute approximate surface area is 48.8 Å². The fourth-order valence-electron chi connectivity index (χ4n) is 0.825. The molecule has 1 N–H and O–H groups in total. The topological polar surface area (TPSA) is 29.5 Å². The highest BCUT2D eigenvalue weighted by molar-refractivity contribution is 4.89. The Morgan fingerprint density at radius 3 is 2.75 bits per heavy atom. The lowest BCUT2D eigenvalue weighted by Crippen LogP contribution is -2.16. The summed E-state index contributed by atoms with van der Waals surface area (Å²) in [6, 6.07) is 0. The molecule has 1 heterocycles. The molecule has 0 unspecified atom stereocenters. The second-order valence-corrected chi connectivity index (χ2v) is 1.93. The van der Waals surface area contributed by atoms with Crippen LogP contribution in [-0.2, 0) is 4.74 Å². The molecule has 0 aromatic carbocycles. The molecule has 0 aromatic rings. The molecule has 0 aliphatic carbocycles. The second kappa shape index (κ2) is 2.29. The third kappa shape index (κ3) is 0.904. The number of hydrogen-bond donors (Lipinski definition) is 1. The zero-order valence-electron chi connectivity index (χ0n) is 4.71. The predicted octanol–water partition coefficient (Wildman–Crippen LogP) is 0.322. The highest BCUT2D eigenvalue weighted by Gasteiger charge is 2.22. The number of ether oxygens (including phenoxy) is 1. The van der Waals surface area contributed by atoms with Gasteiger partial charge in [0.25, 0.3) is 0 Å². The van der Waals surface area contributed by atoms with E-state index in [0.29, 0.717) is 6.61 Å². The lowest BCUT2D eigenvalue weighted by atomic mass is 10.2. The van der Waals surface area contributed by atoms with E-state index in [1.165, 1.54) is 0 Å². The first-order valence-electron chi connectivity index (χ1n) is 2.77. The summed E-state index contributed by atoms with van der Waals surface area (Å²) in [6.45, 7) is 4.17. The lowest BCUT2D eigenvalue weighted by Gasteiger charge is -2.05. The Balaban J connectivity index is 2.41. The van der Waals surface area contributed by atoms with E-state index in [1.807, 2.05) is 0 Å². The average molecular weight is 114 g/mol. The summed E-state index contributed by atoms with van der Waals surface area (Å²) in [5.41, 5.74) is 0. The molecular weight excluding hydrogens is 104 g/mol. The van der Waals surface area contributed by atoms with Crippen LogP contribution in [0.3, 0.4) is 0 Å². The summed E-state index contributed by atoms with van der Waals surface area (Å²) < 4.78 is 5.05.